The lowest BCUT2D eigenvalue weighted by molar-refractivity contribution is -0.141. The molecular formula is C20H14Cl2F3N5O3. The van der Waals surface area contributed by atoms with E-state index in [1.54, 1.807) is 12.1 Å². The average molecular weight is 500 g/mol. The first kappa shape index (κ1) is 24.2. The summed E-state index contributed by atoms with van der Waals surface area (Å²) in [6.45, 7) is 0. The number of alkyl halides is 3. The second kappa shape index (κ2) is 10.0. The van der Waals surface area contributed by atoms with Gasteiger partial charge < -0.3 is 15.7 Å². The van der Waals surface area contributed by atoms with Crippen molar-refractivity contribution in [2.75, 3.05) is 10.6 Å². The molecular weight excluding hydrogens is 486 g/mol. The molecule has 1 atom stereocenters. The van der Waals surface area contributed by atoms with Gasteiger partial charge in [-0.15, -0.1) is 0 Å². The Labute approximate surface area is 194 Å². The minimum absolute atomic E-state index is 0.0497. The predicted molar refractivity (Wildman–Crippen MR) is 114 cm³/mol. The lowest BCUT2D eigenvalue weighted by atomic mass is 10.1. The Bertz CT molecular complexity index is 1160. The molecule has 8 nitrogen and oxygen atoms in total. The molecule has 3 N–H and O–H groups in total. The Kier molecular flexibility index (Phi) is 7.34. The van der Waals surface area contributed by atoms with E-state index in [0.29, 0.717) is 17.3 Å². The van der Waals surface area contributed by atoms with Gasteiger partial charge in [-0.2, -0.15) is 13.2 Å². The molecule has 0 fully saturated rings. The Hall–Kier alpha value is -3.44. The monoisotopic (exact) mass is 499 g/mol. The van der Waals surface area contributed by atoms with Crippen LogP contribution < -0.4 is 10.6 Å². The number of anilines is 2. The van der Waals surface area contributed by atoms with Gasteiger partial charge in [-0.1, -0.05) is 35.3 Å². The fourth-order valence-corrected chi connectivity index (χ4v) is 3.26. The number of nitrogens with one attached hydrogen (secondary N) is 2. The highest BCUT2D eigenvalue weighted by atomic mass is 35.5. The molecule has 172 valence electrons. The van der Waals surface area contributed by atoms with E-state index >= 15 is 0 Å². The number of halogens is 5. The molecule has 0 bridgehead atoms. The number of carboxylic acids is 1. The SMILES string of the molecule is O=C(Nc1ccc(C[C@H](Nc2nccc(C(F)(F)F)n2)C(=O)O)cc1)c1c(Cl)cncc1Cl. The van der Waals surface area contributed by atoms with Crippen LogP contribution in [0.1, 0.15) is 21.6 Å². The van der Waals surface area contributed by atoms with Crippen LogP contribution in [0.3, 0.4) is 0 Å². The van der Waals surface area contributed by atoms with Gasteiger partial charge in [0.15, 0.2) is 0 Å². The van der Waals surface area contributed by atoms with Crippen molar-refractivity contribution in [1.82, 2.24) is 15.0 Å². The number of hydrogen-bond acceptors (Lipinski definition) is 6. The van der Waals surface area contributed by atoms with Crippen molar-refractivity contribution in [3.8, 4) is 0 Å². The van der Waals surface area contributed by atoms with E-state index in [9.17, 15) is 27.9 Å². The van der Waals surface area contributed by atoms with Gasteiger partial charge in [0.1, 0.15) is 11.7 Å². The highest BCUT2D eigenvalue weighted by Gasteiger charge is 2.33. The minimum atomic E-state index is -4.69. The lowest BCUT2D eigenvalue weighted by Gasteiger charge is -2.16. The molecule has 13 heteroatoms. The van der Waals surface area contributed by atoms with Crippen molar-refractivity contribution in [2.24, 2.45) is 0 Å². The van der Waals surface area contributed by atoms with Crippen molar-refractivity contribution >= 4 is 46.7 Å². The molecule has 0 aliphatic carbocycles. The maximum absolute atomic E-state index is 12.8. The first-order valence-electron chi connectivity index (χ1n) is 9.13. The third-order valence-corrected chi connectivity index (χ3v) is 4.85. The van der Waals surface area contributed by atoms with Crippen molar-refractivity contribution in [1.29, 1.82) is 0 Å². The van der Waals surface area contributed by atoms with Gasteiger partial charge in [0.2, 0.25) is 5.95 Å². The van der Waals surface area contributed by atoms with Crippen LogP contribution in [-0.2, 0) is 17.4 Å². The third-order valence-electron chi connectivity index (χ3n) is 4.28. The first-order chi connectivity index (χ1) is 15.5. The molecule has 0 spiro atoms. The van der Waals surface area contributed by atoms with Crippen LogP contribution in [0.15, 0.2) is 48.9 Å². The molecule has 1 amide bonds. The lowest BCUT2D eigenvalue weighted by Crippen LogP contribution is -2.32. The first-order valence-corrected chi connectivity index (χ1v) is 9.89. The Balaban J connectivity index is 1.69. The Morgan fingerprint density at radius 2 is 1.70 bits per heavy atom. The van der Waals surface area contributed by atoms with Crippen LogP contribution in [0.25, 0.3) is 0 Å². The molecule has 33 heavy (non-hydrogen) atoms. The zero-order valence-corrected chi connectivity index (χ0v) is 17.9. The third kappa shape index (κ3) is 6.30. The van der Waals surface area contributed by atoms with Crippen molar-refractivity contribution in [2.45, 2.75) is 18.6 Å². The van der Waals surface area contributed by atoms with Crippen LogP contribution in [0.5, 0.6) is 0 Å². The number of carbonyl (C=O) groups excluding carboxylic acids is 1. The van der Waals surface area contributed by atoms with Crippen LogP contribution in [-0.4, -0.2) is 38.0 Å². The largest absolute Gasteiger partial charge is 0.480 e. The number of hydrogen-bond donors (Lipinski definition) is 3. The number of nitrogens with zero attached hydrogens (tertiary/aromatic N) is 3. The number of benzene rings is 1. The standard InChI is InChI=1S/C20H14Cl2F3N5O3/c21-12-8-26-9-13(22)16(12)17(31)28-11-3-1-10(2-4-11)7-14(18(32)33)29-19-27-6-5-15(30-19)20(23,24)25/h1-6,8-9,14H,7H2,(H,28,31)(H,32,33)(H,27,29,30)/t14-/m0/s1. The summed E-state index contributed by atoms with van der Waals surface area (Å²) in [4.78, 5) is 34.7. The van der Waals surface area contributed by atoms with Crippen LogP contribution in [0.2, 0.25) is 10.0 Å². The summed E-state index contributed by atoms with van der Waals surface area (Å²) in [5.41, 5.74) is -0.235. The number of pyridine rings is 1. The summed E-state index contributed by atoms with van der Waals surface area (Å²) >= 11 is 11.9. The van der Waals surface area contributed by atoms with Gasteiger partial charge in [-0.25, -0.2) is 14.8 Å². The maximum atomic E-state index is 12.8. The normalized spacial score (nSPS) is 12.2. The molecule has 0 aliphatic heterocycles. The van der Waals surface area contributed by atoms with E-state index in [2.05, 4.69) is 25.6 Å². The summed E-state index contributed by atoms with van der Waals surface area (Å²) in [7, 11) is 0. The molecule has 0 saturated carbocycles. The van der Waals surface area contributed by atoms with Gasteiger partial charge >= 0.3 is 12.1 Å². The van der Waals surface area contributed by atoms with Crippen molar-refractivity contribution in [3.63, 3.8) is 0 Å². The van der Waals surface area contributed by atoms with Gasteiger partial charge in [0.25, 0.3) is 5.91 Å². The second-order valence-electron chi connectivity index (χ2n) is 6.63. The molecule has 0 radical (unpaired) electrons. The summed E-state index contributed by atoms with van der Waals surface area (Å²) < 4.78 is 38.4. The van der Waals surface area contributed by atoms with Crippen LogP contribution in [0, 0.1) is 0 Å². The van der Waals surface area contributed by atoms with E-state index in [1.165, 1.54) is 24.5 Å². The van der Waals surface area contributed by atoms with Gasteiger partial charge in [0, 0.05) is 30.7 Å². The Morgan fingerprint density at radius 1 is 1.06 bits per heavy atom. The molecule has 3 rings (SSSR count). The summed E-state index contributed by atoms with van der Waals surface area (Å²) in [6.07, 6.45) is -1.35. The van der Waals surface area contributed by atoms with Gasteiger partial charge in [-0.05, 0) is 23.8 Å². The Morgan fingerprint density at radius 3 is 2.27 bits per heavy atom. The molecule has 1 aromatic carbocycles. The van der Waals surface area contributed by atoms with E-state index in [1.807, 2.05) is 0 Å². The fourth-order valence-electron chi connectivity index (χ4n) is 2.72. The van der Waals surface area contributed by atoms with Crippen molar-refractivity contribution < 1.29 is 27.9 Å². The number of carboxylic acid groups (broad SMARTS) is 1. The highest BCUT2D eigenvalue weighted by Crippen LogP contribution is 2.28. The zero-order valence-electron chi connectivity index (χ0n) is 16.4. The van der Waals surface area contributed by atoms with Gasteiger partial charge in [-0.3, -0.25) is 9.78 Å². The fraction of sp³-hybridized carbons (Fsp3) is 0.150. The molecule has 0 aliphatic rings. The van der Waals surface area contributed by atoms with E-state index in [-0.39, 0.29) is 22.0 Å². The van der Waals surface area contributed by atoms with Crippen LogP contribution >= 0.6 is 23.2 Å². The van der Waals surface area contributed by atoms with E-state index in [4.69, 9.17) is 23.2 Å². The second-order valence-corrected chi connectivity index (χ2v) is 7.45. The summed E-state index contributed by atoms with van der Waals surface area (Å²) in [5.74, 6) is -2.34. The zero-order chi connectivity index (χ0) is 24.2. The maximum Gasteiger partial charge on any atom is 0.433 e. The number of amides is 1. The van der Waals surface area contributed by atoms with E-state index in [0.717, 1.165) is 6.20 Å². The molecule has 0 saturated heterocycles. The topological polar surface area (TPSA) is 117 Å². The highest BCUT2D eigenvalue weighted by molar-refractivity contribution is 6.40. The molecule has 2 heterocycles. The smallest absolute Gasteiger partial charge is 0.433 e. The van der Waals surface area contributed by atoms with Crippen LogP contribution in [0.4, 0.5) is 24.8 Å². The number of rotatable bonds is 7. The van der Waals surface area contributed by atoms with Gasteiger partial charge in [0.05, 0.1) is 15.6 Å². The molecule has 0 unspecified atom stereocenters. The average Bonchev–Trinajstić information content (AvgIpc) is 2.74. The quantitative estimate of drug-likeness (QED) is 0.436. The number of carbonyl (C=O) groups is 2. The summed E-state index contributed by atoms with van der Waals surface area (Å²) in [6, 6.07) is 5.53. The van der Waals surface area contributed by atoms with Crippen molar-refractivity contribution in [3.05, 3.63) is 75.8 Å². The van der Waals surface area contributed by atoms with E-state index < -0.39 is 35.7 Å². The number of aliphatic carboxylic acids is 1. The molecule has 3 aromatic rings. The predicted octanol–water partition coefficient (Wildman–Crippen LogP) is 4.56. The molecule has 2 aromatic heterocycles. The number of aromatic nitrogens is 3. The summed E-state index contributed by atoms with van der Waals surface area (Å²) in [5, 5.41) is 14.6. The minimum Gasteiger partial charge on any atom is -0.480 e.